The first-order valence-corrected chi connectivity index (χ1v) is 11.0. The van der Waals surface area contributed by atoms with Crippen LogP contribution < -0.4 is 10.3 Å². The van der Waals surface area contributed by atoms with E-state index in [1.54, 1.807) is 12.1 Å². The highest BCUT2D eigenvalue weighted by atomic mass is 32.2. The quantitative estimate of drug-likeness (QED) is 0.741. The van der Waals surface area contributed by atoms with Gasteiger partial charge in [-0.3, -0.25) is 10.2 Å². The van der Waals surface area contributed by atoms with Crippen molar-refractivity contribution in [3.63, 3.8) is 0 Å². The van der Waals surface area contributed by atoms with E-state index in [0.717, 1.165) is 36.7 Å². The Morgan fingerprint density at radius 1 is 1.31 bits per heavy atom. The van der Waals surface area contributed by atoms with Gasteiger partial charge in [0.2, 0.25) is 0 Å². The summed E-state index contributed by atoms with van der Waals surface area (Å²) < 4.78 is 24.0. The number of amides is 1. The third-order valence-corrected chi connectivity index (χ3v) is 6.65. The smallest absolute Gasteiger partial charge is 0.273 e. The van der Waals surface area contributed by atoms with Crippen molar-refractivity contribution in [3.05, 3.63) is 62.7 Å². The van der Waals surface area contributed by atoms with Crippen LogP contribution in [0, 0.1) is 5.92 Å². The van der Waals surface area contributed by atoms with Gasteiger partial charge in [0.1, 0.15) is 0 Å². The van der Waals surface area contributed by atoms with E-state index in [1.807, 2.05) is 24.3 Å². The monoisotopic (exact) mass is 390 g/mol. The van der Waals surface area contributed by atoms with Crippen molar-refractivity contribution in [2.24, 2.45) is 5.92 Å². The zero-order valence-electron chi connectivity index (χ0n) is 14.6. The fourth-order valence-corrected chi connectivity index (χ4v) is 4.75. The highest BCUT2D eigenvalue weighted by molar-refractivity contribution is 7.92. The van der Waals surface area contributed by atoms with Crippen LogP contribution in [0.25, 0.3) is 6.08 Å². The molecule has 5 nitrogen and oxygen atoms in total. The van der Waals surface area contributed by atoms with Crippen molar-refractivity contribution in [2.45, 2.75) is 32.6 Å². The van der Waals surface area contributed by atoms with Crippen LogP contribution in [0.5, 0.6) is 0 Å². The van der Waals surface area contributed by atoms with Crippen LogP contribution in [0.2, 0.25) is 0 Å². The second-order valence-corrected chi connectivity index (χ2v) is 9.09. The molecule has 138 valence electrons. The van der Waals surface area contributed by atoms with Crippen molar-refractivity contribution in [1.82, 2.24) is 10.3 Å². The maximum Gasteiger partial charge on any atom is 0.276 e. The molecule has 2 N–H and O–H groups in total. The number of aryl methyl sites for hydroxylation is 1. The minimum absolute atomic E-state index is 0.422. The summed E-state index contributed by atoms with van der Waals surface area (Å²) in [6.45, 7) is 2.19. The van der Waals surface area contributed by atoms with Gasteiger partial charge in [0.25, 0.3) is 15.9 Å². The zero-order valence-corrected chi connectivity index (χ0v) is 16.2. The Hall–Kier alpha value is -1.96. The predicted molar refractivity (Wildman–Crippen MR) is 105 cm³/mol. The fraction of sp³-hybridized carbons (Fsp3) is 0.316. The molecule has 3 rings (SSSR count). The van der Waals surface area contributed by atoms with Crippen molar-refractivity contribution >= 4 is 33.3 Å². The van der Waals surface area contributed by atoms with Crippen LogP contribution in [0.3, 0.4) is 0 Å². The van der Waals surface area contributed by atoms with Gasteiger partial charge in [-0.2, -0.15) is 0 Å². The highest BCUT2D eigenvalue weighted by Crippen LogP contribution is 2.33. The molecule has 1 aromatic carbocycles. The second-order valence-electron chi connectivity index (χ2n) is 6.39. The Balaban J connectivity index is 1.60. The summed E-state index contributed by atoms with van der Waals surface area (Å²) in [6.07, 6.45) is 5.77. The van der Waals surface area contributed by atoms with Crippen LogP contribution >= 0.6 is 11.3 Å². The van der Waals surface area contributed by atoms with Crippen molar-refractivity contribution in [1.29, 1.82) is 0 Å². The van der Waals surface area contributed by atoms with Gasteiger partial charge >= 0.3 is 0 Å². The largest absolute Gasteiger partial charge is 0.276 e. The normalized spacial score (nSPS) is 17.2. The Morgan fingerprint density at radius 3 is 2.81 bits per heavy atom. The summed E-state index contributed by atoms with van der Waals surface area (Å²) in [5.74, 6) is 0.253. The lowest BCUT2D eigenvalue weighted by Crippen LogP contribution is -2.40. The van der Waals surface area contributed by atoms with Crippen molar-refractivity contribution in [3.8, 4) is 0 Å². The Kier molecular flexibility index (Phi) is 5.90. The van der Waals surface area contributed by atoms with Gasteiger partial charge in [-0.25, -0.2) is 8.42 Å². The summed E-state index contributed by atoms with van der Waals surface area (Å²) in [6, 6.07) is 11.0. The summed E-state index contributed by atoms with van der Waals surface area (Å²) in [5.41, 5.74) is 4.28. The van der Waals surface area contributed by atoms with Crippen LogP contribution in [-0.2, 0) is 22.9 Å². The van der Waals surface area contributed by atoms with Gasteiger partial charge in [0, 0.05) is 10.3 Å². The molecule has 1 aromatic heterocycles. The number of carbonyl (C=O) groups is 1. The topological polar surface area (TPSA) is 75.3 Å². The van der Waals surface area contributed by atoms with E-state index in [4.69, 9.17) is 0 Å². The average molecular weight is 391 g/mol. The SMILES string of the molecule is CCC1CCc2sc(C(=O)NNS(=O)(=O)/C=C/c3ccccc3)cc2C1. The molecule has 0 aliphatic heterocycles. The van der Waals surface area contributed by atoms with Gasteiger partial charge in [0.05, 0.1) is 4.88 Å². The Bertz CT molecular complexity index is 902. The average Bonchev–Trinajstić information content (AvgIpc) is 3.09. The van der Waals surface area contributed by atoms with E-state index < -0.39 is 15.9 Å². The zero-order chi connectivity index (χ0) is 18.6. The molecule has 0 fully saturated rings. The van der Waals surface area contributed by atoms with Crippen LogP contribution in [0.15, 0.2) is 41.8 Å². The maximum absolute atomic E-state index is 12.3. The molecule has 0 radical (unpaired) electrons. The number of benzene rings is 1. The molecule has 2 aromatic rings. The number of hydrogen-bond donors (Lipinski definition) is 2. The Morgan fingerprint density at radius 2 is 2.08 bits per heavy atom. The number of hydrogen-bond acceptors (Lipinski definition) is 4. The first-order valence-electron chi connectivity index (χ1n) is 8.63. The van der Waals surface area contributed by atoms with Gasteiger partial charge in [0.15, 0.2) is 0 Å². The van der Waals surface area contributed by atoms with E-state index in [1.165, 1.54) is 27.9 Å². The number of fused-ring (bicyclic) bond motifs is 1. The Labute approximate surface area is 158 Å². The number of nitrogens with one attached hydrogen (secondary N) is 2. The van der Waals surface area contributed by atoms with Gasteiger partial charge in [-0.15, -0.1) is 16.2 Å². The number of hydrazine groups is 1. The molecule has 7 heteroatoms. The molecule has 1 amide bonds. The highest BCUT2D eigenvalue weighted by Gasteiger charge is 2.22. The number of sulfonamides is 1. The third-order valence-electron chi connectivity index (χ3n) is 4.53. The van der Waals surface area contributed by atoms with E-state index in [0.29, 0.717) is 10.8 Å². The third kappa shape index (κ3) is 4.81. The standard InChI is InChI=1S/C19H22N2O3S2/c1-2-14-8-9-17-16(12-14)13-18(25-17)19(22)20-21-26(23,24)11-10-15-6-4-3-5-7-15/h3-7,10-11,13-14,21H,2,8-9,12H2,1H3,(H,20,22)/b11-10+. The lowest BCUT2D eigenvalue weighted by Gasteiger charge is -2.19. The molecule has 26 heavy (non-hydrogen) atoms. The first-order chi connectivity index (χ1) is 12.5. The molecular formula is C19H22N2O3S2. The van der Waals surface area contributed by atoms with Crippen LogP contribution in [0.1, 0.15) is 45.4 Å². The maximum atomic E-state index is 12.3. The summed E-state index contributed by atoms with van der Waals surface area (Å²) >= 11 is 1.45. The minimum Gasteiger partial charge on any atom is -0.273 e. The molecule has 0 spiro atoms. The van der Waals surface area contributed by atoms with Crippen molar-refractivity contribution in [2.75, 3.05) is 0 Å². The van der Waals surface area contributed by atoms with Crippen LogP contribution in [0.4, 0.5) is 0 Å². The molecule has 0 saturated heterocycles. The lowest BCUT2D eigenvalue weighted by atomic mass is 9.87. The molecule has 0 saturated carbocycles. The lowest BCUT2D eigenvalue weighted by molar-refractivity contribution is 0.0949. The summed E-state index contributed by atoms with van der Waals surface area (Å²) in [4.78, 5) is 16.2. The van der Waals surface area contributed by atoms with Gasteiger partial charge < -0.3 is 0 Å². The van der Waals surface area contributed by atoms with Gasteiger partial charge in [-0.1, -0.05) is 43.7 Å². The van der Waals surface area contributed by atoms with E-state index in [2.05, 4.69) is 17.2 Å². The predicted octanol–water partition coefficient (Wildman–Crippen LogP) is 3.50. The molecule has 1 aliphatic carbocycles. The second kappa shape index (κ2) is 8.16. The summed E-state index contributed by atoms with van der Waals surface area (Å²) in [7, 11) is -3.76. The molecular weight excluding hydrogens is 368 g/mol. The molecule has 1 aliphatic rings. The number of rotatable bonds is 6. The van der Waals surface area contributed by atoms with E-state index in [-0.39, 0.29) is 0 Å². The van der Waals surface area contributed by atoms with Crippen molar-refractivity contribution < 1.29 is 13.2 Å². The first kappa shape index (κ1) is 18.8. The molecule has 1 heterocycles. The van der Waals surface area contributed by atoms with E-state index in [9.17, 15) is 13.2 Å². The van der Waals surface area contributed by atoms with Gasteiger partial charge in [-0.05, 0) is 48.4 Å². The van der Waals surface area contributed by atoms with E-state index >= 15 is 0 Å². The number of carbonyl (C=O) groups excluding carboxylic acids is 1. The summed E-state index contributed by atoms with van der Waals surface area (Å²) in [5, 5.41) is 1.04. The number of thiophene rings is 1. The fourth-order valence-electron chi connectivity index (χ4n) is 3.00. The molecule has 1 atom stereocenters. The molecule has 1 unspecified atom stereocenters. The molecule has 0 bridgehead atoms. The van der Waals surface area contributed by atoms with Crippen LogP contribution in [-0.4, -0.2) is 14.3 Å². The minimum atomic E-state index is -3.76.